The van der Waals surface area contributed by atoms with Crippen molar-refractivity contribution in [2.75, 3.05) is 5.32 Å². The number of hydrogen-bond acceptors (Lipinski definition) is 3. The van der Waals surface area contributed by atoms with Crippen molar-refractivity contribution in [1.29, 1.82) is 0 Å². The molecule has 18 heavy (non-hydrogen) atoms. The van der Waals surface area contributed by atoms with Gasteiger partial charge in [-0.05, 0) is 36.8 Å². The number of nitrogens with one attached hydrogen (secondary N) is 1. The fourth-order valence-corrected chi connectivity index (χ4v) is 1.42. The molecule has 2 aromatic rings. The van der Waals surface area contributed by atoms with E-state index >= 15 is 0 Å². The largest absolute Gasteiger partial charge is 0.508 e. The molecule has 4 nitrogen and oxygen atoms in total. The van der Waals surface area contributed by atoms with E-state index < -0.39 is 11.9 Å². The number of pyridine rings is 1. The van der Waals surface area contributed by atoms with Gasteiger partial charge in [0.25, 0.3) is 5.91 Å². The molecule has 2 rings (SSSR count). The quantitative estimate of drug-likeness (QED) is 0.800. The van der Waals surface area contributed by atoms with Gasteiger partial charge in [-0.2, -0.15) is 4.39 Å². The maximum Gasteiger partial charge on any atom is 0.256 e. The minimum atomic E-state index is -0.667. The third kappa shape index (κ3) is 2.63. The Morgan fingerprint density at radius 2 is 2.11 bits per heavy atom. The van der Waals surface area contributed by atoms with Crippen molar-refractivity contribution in [3.63, 3.8) is 0 Å². The van der Waals surface area contributed by atoms with Crippen LogP contribution in [0.15, 0.2) is 36.4 Å². The van der Waals surface area contributed by atoms with Gasteiger partial charge in [-0.25, -0.2) is 4.98 Å². The summed E-state index contributed by atoms with van der Waals surface area (Å²) in [5.41, 5.74) is 0.958. The lowest BCUT2D eigenvalue weighted by molar-refractivity contribution is 0.102. The molecular weight excluding hydrogens is 235 g/mol. The summed E-state index contributed by atoms with van der Waals surface area (Å²) >= 11 is 0. The second kappa shape index (κ2) is 4.83. The molecule has 2 N–H and O–H groups in total. The van der Waals surface area contributed by atoms with Crippen molar-refractivity contribution in [3.8, 4) is 5.75 Å². The number of hydrogen-bond donors (Lipinski definition) is 2. The molecule has 1 aromatic carbocycles. The van der Waals surface area contributed by atoms with Crippen LogP contribution in [0.3, 0.4) is 0 Å². The van der Waals surface area contributed by atoms with E-state index in [9.17, 15) is 14.3 Å². The number of phenols is 1. The van der Waals surface area contributed by atoms with Gasteiger partial charge in [0.05, 0.1) is 0 Å². The number of phenolic OH excluding ortho intramolecular Hbond substituents is 1. The van der Waals surface area contributed by atoms with E-state index in [0.29, 0.717) is 5.56 Å². The number of halogens is 1. The van der Waals surface area contributed by atoms with Crippen molar-refractivity contribution >= 4 is 11.7 Å². The van der Waals surface area contributed by atoms with Crippen molar-refractivity contribution in [2.24, 2.45) is 0 Å². The number of amides is 1. The van der Waals surface area contributed by atoms with Gasteiger partial charge >= 0.3 is 0 Å². The lowest BCUT2D eigenvalue weighted by Gasteiger charge is -2.05. The number of aromatic nitrogens is 1. The van der Waals surface area contributed by atoms with Crippen molar-refractivity contribution in [1.82, 2.24) is 4.98 Å². The summed E-state index contributed by atoms with van der Waals surface area (Å²) in [5, 5.41) is 11.9. The molecule has 1 heterocycles. The lowest BCUT2D eigenvalue weighted by Crippen LogP contribution is -2.13. The summed E-state index contributed by atoms with van der Waals surface area (Å²) < 4.78 is 12.8. The van der Waals surface area contributed by atoms with Crippen LogP contribution in [0, 0.1) is 12.9 Å². The van der Waals surface area contributed by atoms with Gasteiger partial charge in [-0.15, -0.1) is 0 Å². The smallest absolute Gasteiger partial charge is 0.256 e. The number of carbonyl (C=O) groups is 1. The van der Waals surface area contributed by atoms with E-state index in [1.807, 2.05) is 0 Å². The van der Waals surface area contributed by atoms with Gasteiger partial charge in [-0.3, -0.25) is 4.79 Å². The molecule has 0 spiro atoms. The fourth-order valence-electron chi connectivity index (χ4n) is 1.42. The zero-order valence-electron chi connectivity index (χ0n) is 9.64. The highest BCUT2D eigenvalue weighted by atomic mass is 19.1. The summed E-state index contributed by atoms with van der Waals surface area (Å²) in [6, 6.07) is 8.67. The first-order valence-corrected chi connectivity index (χ1v) is 5.30. The molecule has 5 heteroatoms. The Morgan fingerprint density at radius 3 is 2.78 bits per heavy atom. The molecule has 0 aliphatic carbocycles. The first-order valence-electron chi connectivity index (χ1n) is 5.30. The molecule has 0 unspecified atom stereocenters. The van der Waals surface area contributed by atoms with Crippen molar-refractivity contribution < 1.29 is 14.3 Å². The molecule has 0 saturated heterocycles. The number of nitrogens with zero attached hydrogens (tertiary/aromatic N) is 1. The van der Waals surface area contributed by atoms with Crippen LogP contribution in [0.1, 0.15) is 15.9 Å². The van der Waals surface area contributed by atoms with E-state index in [-0.39, 0.29) is 17.1 Å². The molecule has 0 fully saturated rings. The van der Waals surface area contributed by atoms with Gasteiger partial charge < -0.3 is 10.4 Å². The van der Waals surface area contributed by atoms with Gasteiger partial charge in [0.2, 0.25) is 5.95 Å². The topological polar surface area (TPSA) is 62.2 Å². The van der Waals surface area contributed by atoms with Crippen LogP contribution in [0.4, 0.5) is 10.2 Å². The van der Waals surface area contributed by atoms with E-state index in [0.717, 1.165) is 0 Å². The standard InChI is InChI=1S/C13H11FN2O2/c1-8-5-6-9(7-10(8)17)13(18)16-12-4-2-3-11(14)15-12/h2-7,17H,1H3,(H,15,16,18). The second-order valence-corrected chi connectivity index (χ2v) is 3.80. The Morgan fingerprint density at radius 1 is 1.33 bits per heavy atom. The van der Waals surface area contributed by atoms with Crippen LogP contribution in [0.2, 0.25) is 0 Å². The highest BCUT2D eigenvalue weighted by molar-refractivity contribution is 6.04. The Bertz CT molecular complexity index is 599. The Hall–Kier alpha value is -2.43. The second-order valence-electron chi connectivity index (χ2n) is 3.80. The molecule has 92 valence electrons. The molecule has 0 aliphatic heterocycles. The summed E-state index contributed by atoms with van der Waals surface area (Å²) in [6.45, 7) is 1.73. The monoisotopic (exact) mass is 246 g/mol. The maximum absolute atomic E-state index is 12.8. The molecule has 0 saturated carbocycles. The molecule has 0 bridgehead atoms. The Labute approximate surface area is 103 Å². The highest BCUT2D eigenvalue weighted by Crippen LogP contribution is 2.18. The van der Waals surface area contributed by atoms with E-state index in [2.05, 4.69) is 10.3 Å². The number of aromatic hydroxyl groups is 1. The van der Waals surface area contributed by atoms with Gasteiger partial charge in [0, 0.05) is 5.56 Å². The summed E-state index contributed by atoms with van der Waals surface area (Å²) in [5.74, 6) is -0.960. The predicted octanol–water partition coefficient (Wildman–Crippen LogP) is 2.49. The maximum atomic E-state index is 12.8. The average Bonchev–Trinajstić information content (AvgIpc) is 2.32. The first-order chi connectivity index (χ1) is 8.56. The molecule has 0 radical (unpaired) electrons. The number of aryl methyl sites for hydroxylation is 1. The number of benzene rings is 1. The third-order valence-electron chi connectivity index (χ3n) is 2.43. The Kier molecular flexibility index (Phi) is 3.23. The van der Waals surface area contributed by atoms with Crippen LogP contribution in [0.25, 0.3) is 0 Å². The van der Waals surface area contributed by atoms with E-state index in [1.165, 1.54) is 24.3 Å². The van der Waals surface area contributed by atoms with E-state index in [4.69, 9.17) is 0 Å². The normalized spacial score (nSPS) is 10.1. The van der Waals surface area contributed by atoms with Gasteiger partial charge in [-0.1, -0.05) is 12.1 Å². The van der Waals surface area contributed by atoms with Crippen LogP contribution >= 0.6 is 0 Å². The number of carbonyl (C=O) groups excluding carboxylic acids is 1. The van der Waals surface area contributed by atoms with E-state index in [1.54, 1.807) is 19.1 Å². The van der Waals surface area contributed by atoms with Crippen LogP contribution in [0.5, 0.6) is 5.75 Å². The lowest BCUT2D eigenvalue weighted by atomic mass is 10.1. The summed E-state index contributed by atoms with van der Waals surface area (Å²) in [4.78, 5) is 15.3. The third-order valence-corrected chi connectivity index (χ3v) is 2.43. The summed E-state index contributed by atoms with van der Waals surface area (Å²) in [6.07, 6.45) is 0. The zero-order chi connectivity index (χ0) is 13.1. The molecule has 0 atom stereocenters. The van der Waals surface area contributed by atoms with Gasteiger partial charge in [0.15, 0.2) is 0 Å². The minimum Gasteiger partial charge on any atom is -0.508 e. The average molecular weight is 246 g/mol. The predicted molar refractivity (Wildman–Crippen MR) is 65.0 cm³/mol. The minimum absolute atomic E-state index is 0.0369. The zero-order valence-corrected chi connectivity index (χ0v) is 9.64. The molecule has 0 aliphatic rings. The Balaban J connectivity index is 2.19. The summed E-state index contributed by atoms with van der Waals surface area (Å²) in [7, 11) is 0. The number of rotatable bonds is 2. The molecular formula is C13H11FN2O2. The first kappa shape index (κ1) is 12.0. The van der Waals surface area contributed by atoms with Crippen LogP contribution in [-0.4, -0.2) is 16.0 Å². The van der Waals surface area contributed by atoms with Gasteiger partial charge in [0.1, 0.15) is 11.6 Å². The van der Waals surface area contributed by atoms with Crippen LogP contribution < -0.4 is 5.32 Å². The highest BCUT2D eigenvalue weighted by Gasteiger charge is 2.09. The SMILES string of the molecule is Cc1ccc(C(=O)Nc2cccc(F)n2)cc1O. The number of anilines is 1. The van der Waals surface area contributed by atoms with Crippen molar-refractivity contribution in [2.45, 2.75) is 6.92 Å². The van der Waals surface area contributed by atoms with Crippen molar-refractivity contribution in [3.05, 3.63) is 53.5 Å². The van der Waals surface area contributed by atoms with Crippen LogP contribution in [-0.2, 0) is 0 Å². The molecule has 1 aromatic heterocycles. The fraction of sp³-hybridized carbons (Fsp3) is 0.0769. The molecule has 1 amide bonds.